The quantitative estimate of drug-likeness (QED) is 0.110. The SMILES string of the molecule is CO[P+](=O)[O][Al]([O]c1ccccc1)[O]c1ccccc1.CO[P+](=O)[O][Al]([O]c1ccccc1)[O]c1ccccc1. The molecule has 0 saturated heterocycles. The highest BCUT2D eigenvalue weighted by atomic mass is 31.1. The first-order chi connectivity index (χ1) is 19.6. The fourth-order valence-corrected chi connectivity index (χ4v) is 6.92. The van der Waals surface area contributed by atoms with Gasteiger partial charge in [0, 0.05) is 9.13 Å². The van der Waals surface area contributed by atoms with Crippen LogP contribution in [-0.2, 0) is 25.3 Å². The molecule has 0 aliphatic heterocycles. The Balaban J connectivity index is 0.000000220. The van der Waals surface area contributed by atoms with E-state index in [1.54, 1.807) is 48.5 Å². The van der Waals surface area contributed by atoms with E-state index in [-0.39, 0.29) is 0 Å². The lowest BCUT2D eigenvalue weighted by atomic mass is 10.3. The van der Waals surface area contributed by atoms with Crippen molar-refractivity contribution in [3.05, 3.63) is 121 Å². The largest absolute Gasteiger partial charge is 1.15 e. The van der Waals surface area contributed by atoms with Crippen LogP contribution in [0.3, 0.4) is 0 Å². The first kappa shape index (κ1) is 31.7. The van der Waals surface area contributed by atoms with Gasteiger partial charge in [0.2, 0.25) is 0 Å². The zero-order valence-corrected chi connectivity index (χ0v) is 25.8. The molecule has 2 atom stereocenters. The molecule has 0 amide bonds. The summed E-state index contributed by atoms with van der Waals surface area (Å²) in [4.78, 5) is 0. The minimum Gasteiger partial charge on any atom is -0.586 e. The van der Waals surface area contributed by atoms with Gasteiger partial charge in [0.1, 0.15) is 0 Å². The number of para-hydroxylation sites is 4. The van der Waals surface area contributed by atoms with Crippen molar-refractivity contribution in [1.82, 2.24) is 0 Å². The van der Waals surface area contributed by atoms with Gasteiger partial charge < -0.3 is 15.2 Å². The summed E-state index contributed by atoms with van der Waals surface area (Å²) < 4.78 is 64.9. The first-order valence-electron chi connectivity index (χ1n) is 11.8. The molecule has 0 heterocycles. The van der Waals surface area contributed by atoms with Crippen LogP contribution in [0.25, 0.3) is 0 Å². The van der Waals surface area contributed by atoms with Gasteiger partial charge in [0.15, 0.2) is 0 Å². The number of hydrogen-bond donors (Lipinski definition) is 0. The monoisotopic (exact) mass is 614 g/mol. The minimum atomic E-state index is -2.67. The van der Waals surface area contributed by atoms with Crippen LogP contribution in [0.2, 0.25) is 0 Å². The van der Waals surface area contributed by atoms with Crippen molar-refractivity contribution in [1.29, 1.82) is 0 Å². The van der Waals surface area contributed by atoms with Gasteiger partial charge >= 0.3 is 46.8 Å². The molecule has 0 fully saturated rings. The van der Waals surface area contributed by atoms with Gasteiger partial charge in [-0.1, -0.05) is 72.8 Å². The molecule has 0 aliphatic rings. The highest BCUT2D eigenvalue weighted by Gasteiger charge is 2.51. The molecule has 204 valence electrons. The van der Waals surface area contributed by atoms with E-state index in [4.69, 9.17) is 22.3 Å². The summed E-state index contributed by atoms with van der Waals surface area (Å²) in [5.41, 5.74) is 0. The van der Waals surface area contributed by atoms with Crippen LogP contribution in [0.15, 0.2) is 121 Å². The van der Waals surface area contributed by atoms with Crippen molar-refractivity contribution in [2.24, 2.45) is 0 Å². The summed E-state index contributed by atoms with van der Waals surface area (Å²) in [6.07, 6.45) is 0. The summed E-state index contributed by atoms with van der Waals surface area (Å²) in [6.45, 7) is 0. The zero-order valence-electron chi connectivity index (χ0n) is 21.7. The maximum atomic E-state index is 11.4. The van der Waals surface area contributed by atoms with E-state index < -0.39 is 46.8 Å². The van der Waals surface area contributed by atoms with Gasteiger partial charge in [-0.05, 0) is 48.5 Å². The molecule has 4 aromatic rings. The molecule has 10 nitrogen and oxygen atoms in total. The predicted octanol–water partition coefficient (Wildman–Crippen LogP) is 6.90. The second kappa shape index (κ2) is 18.5. The maximum Gasteiger partial charge on any atom is 1.15 e. The molecule has 0 radical (unpaired) electrons. The second-order valence-corrected chi connectivity index (χ2v) is 12.7. The van der Waals surface area contributed by atoms with Crippen LogP contribution in [0.5, 0.6) is 23.0 Å². The Morgan fingerprint density at radius 2 is 0.650 bits per heavy atom. The molecular weight excluding hydrogens is 588 g/mol. The summed E-state index contributed by atoms with van der Waals surface area (Å²) in [6, 6.07) is 36.4. The normalized spacial score (nSPS) is 10.8. The Bertz CT molecular complexity index is 1090. The molecule has 2 unspecified atom stereocenters. The third-order valence-electron chi connectivity index (χ3n) is 4.54. The standard InChI is InChI=1S/4C6H6O.2CH3O3P.2Al/c4*7-6-4-2-1-3-5-6;2*1-4-5(2)3;;/h4*1-5,7H;2*1H3;;/q;;;;;;2*+3/p-4. The molecule has 4 aromatic carbocycles. The van der Waals surface area contributed by atoms with E-state index in [2.05, 4.69) is 9.05 Å². The number of benzene rings is 4. The van der Waals surface area contributed by atoms with Crippen molar-refractivity contribution in [2.75, 3.05) is 14.2 Å². The van der Waals surface area contributed by atoms with E-state index >= 15 is 0 Å². The minimum absolute atomic E-state index is 0.597. The van der Waals surface area contributed by atoms with Crippen LogP contribution in [0, 0.1) is 0 Å². The van der Waals surface area contributed by atoms with E-state index in [9.17, 15) is 9.13 Å². The molecule has 0 bridgehead atoms. The fraction of sp³-hybridized carbons (Fsp3) is 0.0769. The summed E-state index contributed by atoms with van der Waals surface area (Å²) >= 11 is -5.34. The maximum absolute atomic E-state index is 11.4. The Hall–Kier alpha value is -2.82. The topological polar surface area (TPSA) is 108 Å². The summed E-state index contributed by atoms with van der Waals surface area (Å²) in [7, 11) is -1.90. The smallest absolute Gasteiger partial charge is 0.586 e. The van der Waals surface area contributed by atoms with E-state index in [1.807, 2.05) is 72.8 Å². The lowest BCUT2D eigenvalue weighted by molar-refractivity contribution is 0.272. The van der Waals surface area contributed by atoms with Gasteiger partial charge in [-0.15, -0.1) is 9.05 Å². The van der Waals surface area contributed by atoms with E-state index in [0.29, 0.717) is 23.0 Å². The number of rotatable bonds is 14. The molecule has 14 heteroatoms. The number of hydrogen-bond acceptors (Lipinski definition) is 10. The van der Waals surface area contributed by atoms with Gasteiger partial charge in [0.05, 0.1) is 37.2 Å². The molecule has 0 saturated carbocycles. The molecule has 0 spiro atoms. The molecule has 0 aromatic heterocycles. The zero-order chi connectivity index (χ0) is 28.4. The Morgan fingerprint density at radius 3 is 0.850 bits per heavy atom. The van der Waals surface area contributed by atoms with Gasteiger partial charge in [-0.25, -0.2) is 0 Å². The first-order valence-corrected chi connectivity index (χ1v) is 16.8. The van der Waals surface area contributed by atoms with Gasteiger partial charge in [-0.2, -0.15) is 7.15 Å². The Morgan fingerprint density at radius 1 is 0.425 bits per heavy atom. The molecule has 0 N–H and O–H groups in total. The highest BCUT2D eigenvalue weighted by molar-refractivity contribution is 7.35. The van der Waals surface area contributed by atoms with Crippen LogP contribution in [-0.4, -0.2) is 44.5 Å². The lowest BCUT2D eigenvalue weighted by Gasteiger charge is -2.10. The van der Waals surface area contributed by atoms with Gasteiger partial charge in [0.25, 0.3) is 0 Å². The third kappa shape index (κ3) is 12.6. The van der Waals surface area contributed by atoms with Crippen LogP contribution >= 0.6 is 16.5 Å². The van der Waals surface area contributed by atoms with Crippen LogP contribution in [0.1, 0.15) is 0 Å². The van der Waals surface area contributed by atoms with Crippen LogP contribution < -0.4 is 15.2 Å². The van der Waals surface area contributed by atoms with Crippen LogP contribution in [0.4, 0.5) is 0 Å². The molecular formula is C26H26Al2O10P2+2. The van der Waals surface area contributed by atoms with Gasteiger partial charge in [-0.3, -0.25) is 0 Å². The molecule has 0 aliphatic carbocycles. The average Bonchev–Trinajstić information content (AvgIpc) is 2.99. The van der Waals surface area contributed by atoms with E-state index in [0.717, 1.165) is 0 Å². The lowest BCUT2D eigenvalue weighted by Crippen LogP contribution is -2.31. The summed E-state index contributed by atoms with van der Waals surface area (Å²) in [5.74, 6) is 2.39. The summed E-state index contributed by atoms with van der Waals surface area (Å²) in [5, 5.41) is 0. The predicted molar refractivity (Wildman–Crippen MR) is 151 cm³/mol. The fourth-order valence-electron chi connectivity index (χ4n) is 2.80. The third-order valence-corrected chi connectivity index (χ3v) is 9.75. The molecule has 4 rings (SSSR count). The second-order valence-electron chi connectivity index (χ2n) is 7.32. The van der Waals surface area contributed by atoms with Crippen molar-refractivity contribution in [3.8, 4) is 23.0 Å². The Labute approximate surface area is 245 Å². The van der Waals surface area contributed by atoms with Crippen molar-refractivity contribution in [3.63, 3.8) is 0 Å². The molecule has 40 heavy (non-hydrogen) atoms. The average molecular weight is 614 g/mol. The van der Waals surface area contributed by atoms with Crippen molar-refractivity contribution in [2.45, 2.75) is 0 Å². The van der Waals surface area contributed by atoms with Crippen molar-refractivity contribution >= 4 is 46.8 Å². The highest BCUT2D eigenvalue weighted by Crippen LogP contribution is 2.27. The van der Waals surface area contributed by atoms with Crippen molar-refractivity contribution < 1.29 is 40.5 Å². The van der Waals surface area contributed by atoms with E-state index in [1.165, 1.54) is 14.2 Å². The Kier molecular flexibility index (Phi) is 14.7.